The molecule has 0 unspecified atom stereocenters. The molecule has 1 atom stereocenters. The summed E-state index contributed by atoms with van der Waals surface area (Å²) in [6, 6.07) is 10.7. The van der Waals surface area contributed by atoms with Gasteiger partial charge in [-0.15, -0.1) is 0 Å². The summed E-state index contributed by atoms with van der Waals surface area (Å²) in [7, 11) is 0. The summed E-state index contributed by atoms with van der Waals surface area (Å²) in [6.07, 6.45) is 1.24. The largest absolute Gasteiger partial charge is 0.382 e. The van der Waals surface area contributed by atoms with E-state index in [4.69, 9.17) is 10.1 Å². The van der Waals surface area contributed by atoms with Crippen molar-refractivity contribution < 1.29 is 9.53 Å². The van der Waals surface area contributed by atoms with Crippen LogP contribution in [0.15, 0.2) is 36.4 Å². The first kappa shape index (κ1) is 18.7. The summed E-state index contributed by atoms with van der Waals surface area (Å²) in [5.41, 5.74) is 2.34. The van der Waals surface area contributed by atoms with Crippen molar-refractivity contribution in [2.45, 2.75) is 13.0 Å². The van der Waals surface area contributed by atoms with E-state index in [0.717, 1.165) is 11.3 Å². The number of nitrogens with zero attached hydrogens (tertiary/aromatic N) is 1. The highest BCUT2D eigenvalue weighted by atomic mass is 16.5. The first-order valence-electron chi connectivity index (χ1n) is 8.94. The Morgan fingerprint density at radius 1 is 1.37 bits per heavy atom. The first-order chi connectivity index (χ1) is 13.2. The first-order valence-corrected chi connectivity index (χ1v) is 8.94. The van der Waals surface area contributed by atoms with Crippen molar-refractivity contribution in [2.24, 2.45) is 0 Å². The number of benzene rings is 1. The molecule has 8 heteroatoms. The van der Waals surface area contributed by atoms with E-state index in [1.807, 2.05) is 37.3 Å². The summed E-state index contributed by atoms with van der Waals surface area (Å²) < 4.78 is 5.75. The lowest BCUT2D eigenvalue weighted by Crippen LogP contribution is -2.36. The van der Waals surface area contributed by atoms with E-state index >= 15 is 0 Å². The highest BCUT2D eigenvalue weighted by molar-refractivity contribution is 5.95. The third-order valence-electron chi connectivity index (χ3n) is 4.13. The van der Waals surface area contributed by atoms with Crippen LogP contribution in [0.3, 0.4) is 0 Å². The monoisotopic (exact) mass is 368 g/mol. The van der Waals surface area contributed by atoms with E-state index in [1.165, 1.54) is 6.21 Å². The fourth-order valence-corrected chi connectivity index (χ4v) is 2.89. The maximum absolute atomic E-state index is 12.5. The van der Waals surface area contributed by atoms with Gasteiger partial charge in [0.05, 0.1) is 24.9 Å². The van der Waals surface area contributed by atoms with Crippen molar-refractivity contribution in [2.75, 3.05) is 42.3 Å². The maximum atomic E-state index is 12.5. The number of nitrogens with one attached hydrogen (secondary N) is 5. The third kappa shape index (κ3) is 4.73. The molecule has 2 aromatic rings. The molecule has 0 saturated heterocycles. The summed E-state index contributed by atoms with van der Waals surface area (Å²) in [4.78, 5) is 17.0. The van der Waals surface area contributed by atoms with Crippen molar-refractivity contribution in [3.63, 3.8) is 0 Å². The Morgan fingerprint density at radius 3 is 2.93 bits per heavy atom. The number of urea groups is 1. The van der Waals surface area contributed by atoms with Crippen molar-refractivity contribution in [3.8, 4) is 0 Å². The Kier molecular flexibility index (Phi) is 6.22. The Bertz CT molecular complexity index is 796. The Hall–Kier alpha value is -3.13. The van der Waals surface area contributed by atoms with Gasteiger partial charge in [-0.1, -0.05) is 30.3 Å². The molecule has 2 bridgehead atoms. The van der Waals surface area contributed by atoms with Crippen LogP contribution in [0.5, 0.6) is 0 Å². The van der Waals surface area contributed by atoms with E-state index in [1.54, 1.807) is 6.07 Å². The van der Waals surface area contributed by atoms with E-state index in [9.17, 15) is 4.79 Å². The number of fused-ring (bicyclic) bond motifs is 2. The average Bonchev–Trinajstić information content (AvgIpc) is 2.68. The zero-order chi connectivity index (χ0) is 19.1. The molecule has 0 spiro atoms. The molecule has 3 rings (SSSR count). The lowest BCUT2D eigenvalue weighted by Gasteiger charge is -2.22. The van der Waals surface area contributed by atoms with Gasteiger partial charge in [-0.25, -0.2) is 9.78 Å². The number of hydrogen-bond acceptors (Lipinski definition) is 6. The minimum absolute atomic E-state index is 0.270. The highest BCUT2D eigenvalue weighted by Gasteiger charge is 2.18. The van der Waals surface area contributed by atoms with Crippen LogP contribution in [0.4, 0.5) is 22.1 Å². The van der Waals surface area contributed by atoms with Crippen LogP contribution in [-0.4, -0.2) is 43.5 Å². The van der Waals surface area contributed by atoms with Gasteiger partial charge < -0.3 is 26.1 Å². The van der Waals surface area contributed by atoms with Gasteiger partial charge in [0.15, 0.2) is 5.82 Å². The van der Waals surface area contributed by atoms with Crippen molar-refractivity contribution in [1.82, 2.24) is 10.3 Å². The second-order valence-corrected chi connectivity index (χ2v) is 6.06. The topological polar surface area (TPSA) is 111 Å². The molecule has 5 N–H and O–H groups in total. The third-order valence-corrected chi connectivity index (χ3v) is 4.13. The van der Waals surface area contributed by atoms with Gasteiger partial charge in [0.2, 0.25) is 0 Å². The van der Waals surface area contributed by atoms with Gasteiger partial charge in [-0.3, -0.25) is 5.32 Å². The van der Waals surface area contributed by atoms with Gasteiger partial charge >= 0.3 is 6.03 Å². The minimum Gasteiger partial charge on any atom is -0.382 e. The molecular formula is C19H24N6O2. The number of aromatic nitrogens is 1. The predicted molar refractivity (Wildman–Crippen MR) is 107 cm³/mol. The Morgan fingerprint density at radius 2 is 2.19 bits per heavy atom. The molecule has 0 aliphatic carbocycles. The highest BCUT2D eigenvalue weighted by Crippen LogP contribution is 2.26. The molecule has 0 fully saturated rings. The second kappa shape index (κ2) is 9.00. The lowest BCUT2D eigenvalue weighted by molar-refractivity contribution is 0.122. The molecule has 0 radical (unpaired) electrons. The number of pyridine rings is 1. The van der Waals surface area contributed by atoms with Gasteiger partial charge in [-0.2, -0.15) is 0 Å². The number of carbonyl (C=O) groups is 1. The lowest BCUT2D eigenvalue weighted by atomic mass is 10.1. The molecule has 2 heterocycles. The number of anilines is 3. The number of amides is 2. The average molecular weight is 368 g/mol. The van der Waals surface area contributed by atoms with Crippen molar-refractivity contribution in [3.05, 3.63) is 47.5 Å². The van der Waals surface area contributed by atoms with E-state index in [2.05, 4.69) is 26.3 Å². The molecule has 1 aliphatic rings. The van der Waals surface area contributed by atoms with Crippen LogP contribution < -0.4 is 21.3 Å². The summed E-state index contributed by atoms with van der Waals surface area (Å²) >= 11 is 0. The molecule has 1 aromatic heterocycles. The van der Waals surface area contributed by atoms with Gasteiger partial charge in [0.1, 0.15) is 5.82 Å². The standard InChI is InChI=1S/C19H24N6O2/c1-2-21-17-14(11-20)10-16-24-18(17)22-8-9-27-12-15(23-19(26)25-16)13-6-4-3-5-7-13/h3-7,10-11,15,20-21H,2,8-9,12H2,1H3,(H3,22,23,24,25,26)/t15-/m1/s1. The SMILES string of the molecule is CCNc1c(C=N)cc2nc1NCCOC[C@H](c1ccccc1)NC(=O)N2. The summed E-state index contributed by atoms with van der Waals surface area (Å²) in [5.74, 6) is 0.959. The summed E-state index contributed by atoms with van der Waals surface area (Å²) in [6.45, 7) is 4.06. The normalized spacial score (nSPS) is 17.4. The smallest absolute Gasteiger partial charge is 0.320 e. The van der Waals surface area contributed by atoms with Crippen molar-refractivity contribution >= 4 is 29.6 Å². The number of carbonyl (C=O) groups excluding carboxylic acids is 1. The van der Waals surface area contributed by atoms with Crippen molar-refractivity contribution in [1.29, 1.82) is 5.41 Å². The van der Waals surface area contributed by atoms with Crippen LogP contribution >= 0.6 is 0 Å². The van der Waals surface area contributed by atoms with Gasteiger partial charge in [-0.05, 0) is 18.6 Å². The molecule has 1 aromatic carbocycles. The molecule has 142 valence electrons. The van der Waals surface area contributed by atoms with Gasteiger partial charge in [0.25, 0.3) is 0 Å². The fraction of sp³-hybridized carbons (Fsp3) is 0.316. The van der Waals surface area contributed by atoms with Gasteiger partial charge in [0, 0.05) is 24.9 Å². The Balaban J connectivity index is 1.88. The fourth-order valence-electron chi connectivity index (χ4n) is 2.89. The number of rotatable bonds is 4. The van der Waals surface area contributed by atoms with Crippen LogP contribution in [0.2, 0.25) is 0 Å². The van der Waals surface area contributed by atoms with E-state index < -0.39 is 0 Å². The predicted octanol–water partition coefficient (Wildman–Crippen LogP) is 2.82. The maximum Gasteiger partial charge on any atom is 0.320 e. The van der Waals surface area contributed by atoms with Crippen LogP contribution in [-0.2, 0) is 4.74 Å². The molecule has 27 heavy (non-hydrogen) atoms. The zero-order valence-electron chi connectivity index (χ0n) is 15.2. The number of ether oxygens (including phenoxy) is 1. The Labute approximate surface area is 158 Å². The molecule has 8 nitrogen and oxygen atoms in total. The molecule has 0 saturated carbocycles. The van der Waals surface area contributed by atoms with Crippen LogP contribution in [0.1, 0.15) is 24.1 Å². The van der Waals surface area contributed by atoms with Crippen LogP contribution in [0, 0.1) is 5.41 Å². The van der Waals surface area contributed by atoms with E-state index in [0.29, 0.717) is 43.5 Å². The molecular weight excluding hydrogens is 344 g/mol. The quantitative estimate of drug-likeness (QED) is 0.533. The second-order valence-electron chi connectivity index (χ2n) is 6.06. The minimum atomic E-state index is -0.376. The molecule has 2 amide bonds. The molecule has 1 aliphatic heterocycles. The summed E-state index contributed by atoms with van der Waals surface area (Å²) in [5, 5.41) is 19.8. The van der Waals surface area contributed by atoms with Crippen LogP contribution in [0.25, 0.3) is 0 Å². The van der Waals surface area contributed by atoms with E-state index in [-0.39, 0.29) is 12.1 Å². The zero-order valence-corrected chi connectivity index (χ0v) is 15.2. The number of hydrogen-bond donors (Lipinski definition) is 5.